The molecular weight excluding hydrogens is 388 g/mol. The summed E-state index contributed by atoms with van der Waals surface area (Å²) in [4.78, 5) is 12.1. The molecule has 148 valence electrons. The van der Waals surface area contributed by atoms with E-state index in [2.05, 4.69) is 10.5 Å². The molecule has 0 saturated carbocycles. The summed E-state index contributed by atoms with van der Waals surface area (Å²) in [7, 11) is 0. The van der Waals surface area contributed by atoms with E-state index in [0.29, 0.717) is 23.8 Å². The monoisotopic (exact) mass is 408 g/mol. The van der Waals surface area contributed by atoms with Crippen LogP contribution in [0.3, 0.4) is 0 Å². The third-order valence-electron chi connectivity index (χ3n) is 4.01. The van der Waals surface area contributed by atoms with Crippen LogP contribution in [-0.4, -0.2) is 18.7 Å². The third kappa shape index (κ3) is 6.36. The first kappa shape index (κ1) is 20.4. The second-order valence-corrected chi connectivity index (χ2v) is 6.58. The van der Waals surface area contributed by atoms with Gasteiger partial charge in [0, 0.05) is 10.6 Å². The molecule has 0 saturated heterocycles. The van der Waals surface area contributed by atoms with E-state index >= 15 is 0 Å². The van der Waals surface area contributed by atoms with Crippen molar-refractivity contribution in [3.63, 3.8) is 0 Å². The van der Waals surface area contributed by atoms with Gasteiger partial charge in [-0.2, -0.15) is 5.10 Å². The Bertz CT molecular complexity index is 953. The van der Waals surface area contributed by atoms with Crippen LogP contribution in [0.25, 0.3) is 0 Å². The van der Waals surface area contributed by atoms with Crippen LogP contribution in [0.2, 0.25) is 5.02 Å². The van der Waals surface area contributed by atoms with Crippen molar-refractivity contribution in [1.82, 2.24) is 5.43 Å². The Hall–Kier alpha value is -3.31. The van der Waals surface area contributed by atoms with Gasteiger partial charge in [0.1, 0.15) is 18.1 Å². The van der Waals surface area contributed by atoms with Gasteiger partial charge in [-0.15, -0.1) is 0 Å². The maximum Gasteiger partial charge on any atom is 0.271 e. The van der Waals surface area contributed by atoms with Crippen molar-refractivity contribution in [2.75, 3.05) is 6.61 Å². The van der Waals surface area contributed by atoms with E-state index in [9.17, 15) is 4.79 Å². The molecule has 0 aliphatic rings. The maximum atomic E-state index is 12.1. The Labute approximate surface area is 174 Å². The number of rotatable bonds is 8. The van der Waals surface area contributed by atoms with Crippen molar-refractivity contribution in [1.29, 1.82) is 0 Å². The molecule has 3 rings (SSSR count). The fraction of sp³-hybridized carbons (Fsp3) is 0.130. The quantitative estimate of drug-likeness (QED) is 0.417. The van der Waals surface area contributed by atoms with Gasteiger partial charge in [0.2, 0.25) is 0 Å². The SMILES string of the molecule is CCOc1ccc(C(=O)N/N=C/c2ccc(OCc3ccc(Cl)cc3)cc2)cc1. The van der Waals surface area contributed by atoms with Crippen LogP contribution in [0.5, 0.6) is 11.5 Å². The van der Waals surface area contributed by atoms with Gasteiger partial charge in [-0.05, 0) is 78.7 Å². The summed E-state index contributed by atoms with van der Waals surface area (Å²) in [5.41, 5.74) is 4.91. The number of benzene rings is 3. The number of carbonyl (C=O) groups is 1. The fourth-order valence-corrected chi connectivity index (χ4v) is 2.62. The molecule has 3 aromatic carbocycles. The molecule has 0 fully saturated rings. The van der Waals surface area contributed by atoms with Gasteiger partial charge in [-0.3, -0.25) is 4.79 Å². The van der Waals surface area contributed by atoms with Crippen molar-refractivity contribution in [3.8, 4) is 11.5 Å². The summed E-state index contributed by atoms with van der Waals surface area (Å²) < 4.78 is 11.1. The van der Waals surface area contributed by atoms with E-state index in [1.807, 2.05) is 55.5 Å². The zero-order valence-corrected chi connectivity index (χ0v) is 16.7. The second-order valence-electron chi connectivity index (χ2n) is 6.14. The van der Waals surface area contributed by atoms with E-state index in [-0.39, 0.29) is 5.91 Å². The Morgan fingerprint density at radius 3 is 2.21 bits per heavy atom. The number of amides is 1. The van der Waals surface area contributed by atoms with Crippen LogP contribution in [0.4, 0.5) is 0 Å². The first-order chi connectivity index (χ1) is 14.1. The van der Waals surface area contributed by atoms with E-state index in [1.54, 1.807) is 30.5 Å². The molecule has 0 unspecified atom stereocenters. The number of hydrogen-bond donors (Lipinski definition) is 1. The number of carbonyl (C=O) groups excluding carboxylic acids is 1. The molecule has 3 aromatic rings. The minimum Gasteiger partial charge on any atom is -0.494 e. The van der Waals surface area contributed by atoms with Gasteiger partial charge in [0.15, 0.2) is 0 Å². The molecule has 0 aliphatic heterocycles. The highest BCUT2D eigenvalue weighted by Gasteiger charge is 2.04. The summed E-state index contributed by atoms with van der Waals surface area (Å²) in [6.45, 7) is 2.96. The Balaban J connectivity index is 1.49. The van der Waals surface area contributed by atoms with Crippen LogP contribution in [0, 0.1) is 0 Å². The second kappa shape index (κ2) is 10.3. The largest absolute Gasteiger partial charge is 0.494 e. The van der Waals surface area contributed by atoms with Gasteiger partial charge in [-0.1, -0.05) is 23.7 Å². The van der Waals surface area contributed by atoms with Gasteiger partial charge in [0.05, 0.1) is 12.8 Å². The van der Waals surface area contributed by atoms with E-state index in [4.69, 9.17) is 21.1 Å². The van der Waals surface area contributed by atoms with Gasteiger partial charge in [0.25, 0.3) is 5.91 Å². The zero-order valence-electron chi connectivity index (χ0n) is 16.0. The highest BCUT2D eigenvalue weighted by Crippen LogP contribution is 2.15. The van der Waals surface area contributed by atoms with Gasteiger partial charge < -0.3 is 9.47 Å². The van der Waals surface area contributed by atoms with Crippen molar-refractivity contribution in [2.45, 2.75) is 13.5 Å². The topological polar surface area (TPSA) is 59.9 Å². The number of hydrazone groups is 1. The summed E-state index contributed by atoms with van der Waals surface area (Å²) in [6.07, 6.45) is 1.58. The maximum absolute atomic E-state index is 12.1. The summed E-state index contributed by atoms with van der Waals surface area (Å²) in [6, 6.07) is 21.9. The molecule has 29 heavy (non-hydrogen) atoms. The Morgan fingerprint density at radius 2 is 1.55 bits per heavy atom. The highest BCUT2D eigenvalue weighted by atomic mass is 35.5. The molecule has 0 atom stereocenters. The molecule has 0 aliphatic carbocycles. The minimum absolute atomic E-state index is 0.285. The molecule has 0 spiro atoms. The van der Waals surface area contributed by atoms with Crippen molar-refractivity contribution in [3.05, 3.63) is 94.5 Å². The lowest BCUT2D eigenvalue weighted by Gasteiger charge is -2.06. The molecule has 0 radical (unpaired) electrons. The van der Waals surface area contributed by atoms with E-state index < -0.39 is 0 Å². The molecule has 6 heteroatoms. The lowest BCUT2D eigenvalue weighted by molar-refractivity contribution is 0.0955. The Morgan fingerprint density at radius 1 is 0.931 bits per heavy atom. The molecule has 5 nitrogen and oxygen atoms in total. The van der Waals surface area contributed by atoms with Gasteiger partial charge in [-0.25, -0.2) is 5.43 Å². The smallest absolute Gasteiger partial charge is 0.271 e. The zero-order chi connectivity index (χ0) is 20.5. The van der Waals surface area contributed by atoms with Crippen LogP contribution >= 0.6 is 11.6 Å². The first-order valence-electron chi connectivity index (χ1n) is 9.17. The predicted molar refractivity (Wildman–Crippen MR) is 115 cm³/mol. The number of nitrogens with zero attached hydrogens (tertiary/aromatic N) is 1. The molecule has 0 bridgehead atoms. The molecular formula is C23H21ClN2O3. The van der Waals surface area contributed by atoms with E-state index in [1.165, 1.54) is 0 Å². The average Bonchev–Trinajstić information content (AvgIpc) is 2.75. The predicted octanol–water partition coefficient (Wildman–Crippen LogP) is 5.08. The number of ether oxygens (including phenoxy) is 2. The molecule has 1 N–H and O–H groups in total. The molecule has 1 amide bonds. The normalized spacial score (nSPS) is 10.7. The summed E-state index contributed by atoms with van der Waals surface area (Å²) in [5.74, 6) is 1.19. The van der Waals surface area contributed by atoms with Crippen LogP contribution in [0.15, 0.2) is 77.9 Å². The van der Waals surface area contributed by atoms with E-state index in [0.717, 1.165) is 22.6 Å². The van der Waals surface area contributed by atoms with Gasteiger partial charge >= 0.3 is 0 Å². The molecule has 0 heterocycles. The average molecular weight is 409 g/mol. The number of halogens is 1. The first-order valence-corrected chi connectivity index (χ1v) is 9.55. The summed E-state index contributed by atoms with van der Waals surface area (Å²) in [5, 5.41) is 4.70. The van der Waals surface area contributed by atoms with Crippen LogP contribution in [-0.2, 0) is 6.61 Å². The lowest BCUT2D eigenvalue weighted by atomic mass is 10.2. The number of nitrogens with one attached hydrogen (secondary N) is 1. The minimum atomic E-state index is -0.285. The van der Waals surface area contributed by atoms with Crippen molar-refractivity contribution < 1.29 is 14.3 Å². The molecule has 0 aromatic heterocycles. The van der Waals surface area contributed by atoms with Crippen molar-refractivity contribution in [2.24, 2.45) is 5.10 Å². The standard InChI is InChI=1S/C23H21ClN2O3/c1-2-28-21-13-7-19(8-14-21)23(27)26-25-15-17-5-11-22(12-6-17)29-16-18-3-9-20(24)10-4-18/h3-15H,2,16H2,1H3,(H,26,27)/b25-15+. The number of hydrogen-bond acceptors (Lipinski definition) is 4. The fourth-order valence-electron chi connectivity index (χ4n) is 2.50. The lowest BCUT2D eigenvalue weighted by Crippen LogP contribution is -2.17. The summed E-state index contributed by atoms with van der Waals surface area (Å²) >= 11 is 5.88. The Kier molecular flexibility index (Phi) is 7.25. The van der Waals surface area contributed by atoms with Crippen molar-refractivity contribution >= 4 is 23.7 Å². The third-order valence-corrected chi connectivity index (χ3v) is 4.26. The van der Waals surface area contributed by atoms with Crippen LogP contribution < -0.4 is 14.9 Å². The van der Waals surface area contributed by atoms with Crippen LogP contribution in [0.1, 0.15) is 28.4 Å². The highest BCUT2D eigenvalue weighted by molar-refractivity contribution is 6.30.